The van der Waals surface area contributed by atoms with E-state index in [1.807, 2.05) is 6.07 Å². The lowest BCUT2D eigenvalue weighted by Crippen LogP contribution is -2.29. The van der Waals surface area contributed by atoms with Crippen molar-refractivity contribution in [3.63, 3.8) is 0 Å². The van der Waals surface area contributed by atoms with Crippen LogP contribution in [0.2, 0.25) is 0 Å². The summed E-state index contributed by atoms with van der Waals surface area (Å²) in [6, 6.07) is 10.9. The number of nitrogens with zero attached hydrogens (tertiary/aromatic N) is 4. The van der Waals surface area contributed by atoms with Gasteiger partial charge in [0, 0.05) is 17.1 Å². The summed E-state index contributed by atoms with van der Waals surface area (Å²) in [6.45, 7) is 4.61. The molecule has 0 atom stereocenters. The number of nitriles is 1. The lowest BCUT2D eigenvalue weighted by molar-refractivity contribution is 0.102. The zero-order valence-corrected chi connectivity index (χ0v) is 17.0. The SMILES string of the molecule is Cc1oc(-c2cccc(C#N)c2)cc1C(=O)Nc1nc(CN2CCCCC2)ns1. The van der Waals surface area contributed by atoms with Gasteiger partial charge in [-0.2, -0.15) is 9.64 Å². The van der Waals surface area contributed by atoms with Crippen molar-refractivity contribution >= 4 is 22.6 Å². The summed E-state index contributed by atoms with van der Waals surface area (Å²) in [5.41, 5.74) is 1.73. The van der Waals surface area contributed by atoms with Gasteiger partial charge in [0.2, 0.25) is 5.13 Å². The topological polar surface area (TPSA) is 95.0 Å². The fraction of sp³-hybridized carbons (Fsp3) is 0.333. The van der Waals surface area contributed by atoms with E-state index in [0.29, 0.717) is 27.8 Å². The van der Waals surface area contributed by atoms with Gasteiger partial charge in [-0.15, -0.1) is 0 Å². The standard InChI is InChI=1S/C21H21N5O2S/c1-14-17(11-18(28-14)16-7-5-6-15(10-16)12-22)20(27)24-21-23-19(25-29-21)13-26-8-3-2-4-9-26/h5-7,10-11H,2-4,8-9,13H2,1H3,(H,23,24,25,27). The average Bonchev–Trinajstić information content (AvgIpc) is 3.35. The van der Waals surface area contributed by atoms with Crippen molar-refractivity contribution in [1.82, 2.24) is 14.3 Å². The van der Waals surface area contributed by atoms with Gasteiger partial charge in [-0.3, -0.25) is 15.0 Å². The molecule has 4 rings (SSSR count). The van der Waals surface area contributed by atoms with Gasteiger partial charge < -0.3 is 4.42 Å². The van der Waals surface area contributed by atoms with Crippen molar-refractivity contribution in [1.29, 1.82) is 5.26 Å². The number of rotatable bonds is 5. The lowest BCUT2D eigenvalue weighted by atomic mass is 10.1. The van der Waals surface area contributed by atoms with Crippen LogP contribution in [0.1, 0.15) is 46.8 Å². The van der Waals surface area contributed by atoms with Crippen LogP contribution in [0.25, 0.3) is 11.3 Å². The highest BCUT2D eigenvalue weighted by Crippen LogP contribution is 2.27. The number of furan rings is 1. The summed E-state index contributed by atoms with van der Waals surface area (Å²) in [5, 5.41) is 12.4. The second-order valence-corrected chi connectivity index (χ2v) is 7.83. The molecular formula is C21H21N5O2S. The van der Waals surface area contributed by atoms with Crippen LogP contribution in [0.3, 0.4) is 0 Å². The first-order valence-corrected chi connectivity index (χ1v) is 10.4. The molecule has 0 unspecified atom stereocenters. The van der Waals surface area contributed by atoms with Gasteiger partial charge in [-0.05, 0) is 51.1 Å². The number of benzene rings is 1. The molecule has 3 heterocycles. The Hall–Kier alpha value is -3.02. The van der Waals surface area contributed by atoms with E-state index in [0.717, 1.165) is 31.0 Å². The number of aryl methyl sites for hydroxylation is 1. The van der Waals surface area contributed by atoms with Gasteiger partial charge in [-0.25, -0.2) is 4.98 Å². The Morgan fingerprint density at radius 1 is 1.31 bits per heavy atom. The maximum Gasteiger partial charge on any atom is 0.261 e. The summed E-state index contributed by atoms with van der Waals surface area (Å²) in [4.78, 5) is 19.5. The average molecular weight is 407 g/mol. The predicted molar refractivity (Wildman–Crippen MR) is 111 cm³/mol. The number of hydrogen-bond donors (Lipinski definition) is 1. The van der Waals surface area contributed by atoms with Gasteiger partial charge in [0.05, 0.1) is 23.7 Å². The Labute approximate surface area is 173 Å². The Kier molecular flexibility index (Phi) is 5.69. The number of aromatic nitrogens is 2. The first-order valence-electron chi connectivity index (χ1n) is 9.59. The molecule has 0 aliphatic carbocycles. The minimum atomic E-state index is -0.283. The molecule has 0 bridgehead atoms. The molecule has 0 saturated carbocycles. The van der Waals surface area contributed by atoms with Crippen LogP contribution in [0.4, 0.5) is 5.13 Å². The van der Waals surface area contributed by atoms with Gasteiger partial charge in [0.25, 0.3) is 5.91 Å². The summed E-state index contributed by atoms with van der Waals surface area (Å²) in [5.74, 6) is 1.52. The van der Waals surface area contributed by atoms with Crippen LogP contribution in [0, 0.1) is 18.3 Å². The molecule has 1 aliphatic heterocycles. The molecule has 0 spiro atoms. The third kappa shape index (κ3) is 4.53. The maximum atomic E-state index is 12.7. The quantitative estimate of drug-likeness (QED) is 0.680. The molecule has 8 heteroatoms. The zero-order valence-electron chi connectivity index (χ0n) is 16.1. The number of anilines is 1. The first-order chi connectivity index (χ1) is 14.1. The fourth-order valence-corrected chi connectivity index (χ4v) is 4.02. The molecule has 3 aromatic rings. The minimum absolute atomic E-state index is 0.283. The van der Waals surface area contributed by atoms with Crippen molar-refractivity contribution in [2.45, 2.75) is 32.7 Å². The number of hydrogen-bond acceptors (Lipinski definition) is 7. The molecule has 2 aromatic heterocycles. The van der Waals surface area contributed by atoms with E-state index in [1.165, 1.54) is 30.8 Å². The van der Waals surface area contributed by atoms with Gasteiger partial charge in [-0.1, -0.05) is 18.6 Å². The lowest BCUT2D eigenvalue weighted by Gasteiger charge is -2.24. The van der Waals surface area contributed by atoms with Gasteiger partial charge >= 0.3 is 0 Å². The Balaban J connectivity index is 1.45. The van der Waals surface area contributed by atoms with E-state index in [-0.39, 0.29) is 5.91 Å². The first kappa shape index (κ1) is 19.3. The molecule has 1 fully saturated rings. The highest BCUT2D eigenvalue weighted by Gasteiger charge is 2.19. The smallest absolute Gasteiger partial charge is 0.261 e. The molecule has 148 valence electrons. The summed E-state index contributed by atoms with van der Waals surface area (Å²) in [7, 11) is 0. The van der Waals surface area contributed by atoms with E-state index in [2.05, 4.69) is 25.6 Å². The number of piperidine rings is 1. The third-order valence-corrected chi connectivity index (χ3v) is 5.61. The number of likely N-dealkylation sites (tertiary alicyclic amines) is 1. The highest BCUT2D eigenvalue weighted by atomic mass is 32.1. The molecule has 1 aliphatic rings. The normalized spacial score (nSPS) is 14.5. The highest BCUT2D eigenvalue weighted by molar-refractivity contribution is 7.09. The fourth-order valence-electron chi connectivity index (χ4n) is 3.44. The number of carbonyl (C=O) groups excluding carboxylic acids is 1. The van der Waals surface area contributed by atoms with E-state index in [9.17, 15) is 4.79 Å². The number of amides is 1. The molecule has 1 saturated heterocycles. The van der Waals surface area contributed by atoms with Gasteiger partial charge in [0.1, 0.15) is 11.5 Å². The second kappa shape index (κ2) is 8.55. The van der Waals surface area contributed by atoms with Crippen molar-refractivity contribution in [2.24, 2.45) is 0 Å². The van der Waals surface area contributed by atoms with Crippen molar-refractivity contribution < 1.29 is 9.21 Å². The number of nitrogens with one attached hydrogen (secondary N) is 1. The van der Waals surface area contributed by atoms with Crippen molar-refractivity contribution in [3.8, 4) is 17.4 Å². The van der Waals surface area contributed by atoms with Crippen LogP contribution in [0.5, 0.6) is 0 Å². The van der Waals surface area contributed by atoms with Crippen molar-refractivity contribution in [3.05, 3.63) is 53.0 Å². The second-order valence-electron chi connectivity index (χ2n) is 7.08. The van der Waals surface area contributed by atoms with Crippen LogP contribution in [0.15, 0.2) is 34.7 Å². The van der Waals surface area contributed by atoms with E-state index in [1.54, 1.807) is 31.2 Å². The van der Waals surface area contributed by atoms with Crippen LogP contribution in [-0.4, -0.2) is 33.3 Å². The summed E-state index contributed by atoms with van der Waals surface area (Å²) >= 11 is 1.19. The summed E-state index contributed by atoms with van der Waals surface area (Å²) in [6.07, 6.45) is 3.72. The molecule has 1 N–H and O–H groups in total. The zero-order chi connectivity index (χ0) is 20.2. The Morgan fingerprint density at radius 3 is 2.93 bits per heavy atom. The molecule has 1 amide bonds. The Morgan fingerprint density at radius 2 is 2.14 bits per heavy atom. The monoisotopic (exact) mass is 407 g/mol. The largest absolute Gasteiger partial charge is 0.461 e. The molecule has 29 heavy (non-hydrogen) atoms. The summed E-state index contributed by atoms with van der Waals surface area (Å²) < 4.78 is 10.1. The van der Waals surface area contributed by atoms with E-state index < -0.39 is 0 Å². The maximum absolute atomic E-state index is 12.7. The number of carbonyl (C=O) groups is 1. The molecular weight excluding hydrogens is 386 g/mol. The van der Waals surface area contributed by atoms with Crippen LogP contribution in [-0.2, 0) is 6.54 Å². The minimum Gasteiger partial charge on any atom is -0.461 e. The van der Waals surface area contributed by atoms with Crippen molar-refractivity contribution in [2.75, 3.05) is 18.4 Å². The van der Waals surface area contributed by atoms with Crippen LogP contribution < -0.4 is 5.32 Å². The van der Waals surface area contributed by atoms with Crippen LogP contribution >= 0.6 is 11.5 Å². The van der Waals surface area contributed by atoms with E-state index >= 15 is 0 Å². The molecule has 7 nitrogen and oxygen atoms in total. The molecule has 1 aromatic carbocycles. The third-order valence-electron chi connectivity index (χ3n) is 4.94. The van der Waals surface area contributed by atoms with Gasteiger partial charge in [0.15, 0.2) is 5.82 Å². The predicted octanol–water partition coefficient (Wildman–Crippen LogP) is 4.22. The Bertz CT molecular complexity index is 1060. The molecule has 0 radical (unpaired) electrons. The van der Waals surface area contributed by atoms with E-state index in [4.69, 9.17) is 9.68 Å².